The summed E-state index contributed by atoms with van der Waals surface area (Å²) < 4.78 is 0. The van der Waals surface area contributed by atoms with Gasteiger partial charge in [-0.3, -0.25) is 14.8 Å². The average Bonchev–Trinajstić information content (AvgIpc) is 2.30. The minimum Gasteiger partial charge on any atom is -0.481 e. The van der Waals surface area contributed by atoms with Gasteiger partial charge in [-0.2, -0.15) is 0 Å². The van der Waals surface area contributed by atoms with Gasteiger partial charge in [-0.15, -0.1) is 0 Å². The summed E-state index contributed by atoms with van der Waals surface area (Å²) in [5, 5.41) is 20.5. The minimum absolute atomic E-state index is 0.284. The number of hydroxylamine groups is 1. The highest BCUT2D eigenvalue weighted by atomic mass is 16.5. The van der Waals surface area contributed by atoms with Crippen LogP contribution in [0, 0.1) is 11.8 Å². The maximum absolute atomic E-state index is 11.1. The van der Waals surface area contributed by atoms with Gasteiger partial charge in [-0.25, -0.2) is 5.48 Å². The Balaban J connectivity index is 2.37. The number of nitrogens with one attached hydrogen (secondary N) is 2. The molecule has 0 aromatic carbocycles. The molecule has 0 aliphatic carbocycles. The number of rotatable bonds is 5. The number of amides is 1. The van der Waals surface area contributed by atoms with Gasteiger partial charge in [0.2, 0.25) is 0 Å². The van der Waals surface area contributed by atoms with Gasteiger partial charge in [0.15, 0.2) is 0 Å². The first-order valence-electron chi connectivity index (χ1n) is 5.52. The van der Waals surface area contributed by atoms with Crippen LogP contribution in [0.1, 0.15) is 25.7 Å². The van der Waals surface area contributed by atoms with Crippen LogP contribution in [0.2, 0.25) is 0 Å². The summed E-state index contributed by atoms with van der Waals surface area (Å²) in [5.74, 6) is -2.67. The summed E-state index contributed by atoms with van der Waals surface area (Å²) >= 11 is 0. The number of carbonyl (C=O) groups excluding carboxylic acids is 1. The number of carboxylic acids is 1. The first kappa shape index (κ1) is 12.9. The van der Waals surface area contributed by atoms with E-state index >= 15 is 0 Å². The third-order valence-electron chi connectivity index (χ3n) is 3.05. The van der Waals surface area contributed by atoms with Crippen molar-refractivity contribution in [2.75, 3.05) is 13.1 Å². The lowest BCUT2D eigenvalue weighted by Gasteiger charge is -2.23. The zero-order valence-corrected chi connectivity index (χ0v) is 9.11. The minimum atomic E-state index is -1.18. The molecule has 1 unspecified atom stereocenters. The Kier molecular flexibility index (Phi) is 5.21. The summed E-state index contributed by atoms with van der Waals surface area (Å²) in [6, 6.07) is 0. The molecule has 4 N–H and O–H groups in total. The molecule has 0 bridgehead atoms. The lowest BCUT2D eigenvalue weighted by Crippen LogP contribution is -2.34. The van der Waals surface area contributed by atoms with Crippen LogP contribution in [0.25, 0.3) is 0 Å². The molecule has 1 amide bonds. The molecule has 16 heavy (non-hydrogen) atoms. The molecule has 92 valence electrons. The SMILES string of the molecule is O=C(O)C(CCC1CCNCC1)C(=O)NO. The highest BCUT2D eigenvalue weighted by molar-refractivity contribution is 5.96. The fraction of sp³-hybridized carbons (Fsp3) is 0.800. The third-order valence-corrected chi connectivity index (χ3v) is 3.05. The molecule has 0 radical (unpaired) electrons. The normalized spacial score (nSPS) is 19.1. The Labute approximate surface area is 94.0 Å². The van der Waals surface area contributed by atoms with Gasteiger partial charge in [0.1, 0.15) is 5.92 Å². The molecule has 1 rings (SSSR count). The molecule has 6 heteroatoms. The van der Waals surface area contributed by atoms with E-state index in [0.29, 0.717) is 12.3 Å². The maximum atomic E-state index is 11.1. The predicted octanol–water partition coefficient (Wildman–Crippen LogP) is -0.0276. The Hall–Kier alpha value is -1.14. The number of carbonyl (C=O) groups is 2. The van der Waals surface area contributed by atoms with E-state index < -0.39 is 17.8 Å². The second kappa shape index (κ2) is 6.44. The first-order chi connectivity index (χ1) is 7.65. The van der Waals surface area contributed by atoms with E-state index in [2.05, 4.69) is 5.32 Å². The molecular weight excluding hydrogens is 212 g/mol. The van der Waals surface area contributed by atoms with Gasteiger partial charge < -0.3 is 10.4 Å². The van der Waals surface area contributed by atoms with E-state index in [0.717, 1.165) is 25.9 Å². The molecule has 1 saturated heterocycles. The lowest BCUT2D eigenvalue weighted by atomic mass is 9.89. The van der Waals surface area contributed by atoms with Crippen LogP contribution >= 0.6 is 0 Å². The van der Waals surface area contributed by atoms with Crippen LogP contribution < -0.4 is 10.8 Å². The Morgan fingerprint density at radius 2 is 2.00 bits per heavy atom. The van der Waals surface area contributed by atoms with Gasteiger partial charge in [-0.05, 0) is 44.7 Å². The molecule has 1 heterocycles. The van der Waals surface area contributed by atoms with E-state index in [-0.39, 0.29) is 6.42 Å². The summed E-state index contributed by atoms with van der Waals surface area (Å²) in [5.41, 5.74) is 1.40. The van der Waals surface area contributed by atoms with Crippen molar-refractivity contribution in [3.63, 3.8) is 0 Å². The smallest absolute Gasteiger partial charge is 0.316 e. The van der Waals surface area contributed by atoms with Crippen molar-refractivity contribution >= 4 is 11.9 Å². The van der Waals surface area contributed by atoms with Crippen LogP contribution in [0.15, 0.2) is 0 Å². The maximum Gasteiger partial charge on any atom is 0.316 e. The predicted molar refractivity (Wildman–Crippen MR) is 55.9 cm³/mol. The van der Waals surface area contributed by atoms with Gasteiger partial charge in [0.25, 0.3) is 5.91 Å². The van der Waals surface area contributed by atoms with Crippen molar-refractivity contribution in [3.05, 3.63) is 0 Å². The fourth-order valence-corrected chi connectivity index (χ4v) is 2.02. The number of hydrogen-bond donors (Lipinski definition) is 4. The van der Waals surface area contributed by atoms with E-state index in [4.69, 9.17) is 10.3 Å². The highest BCUT2D eigenvalue weighted by Gasteiger charge is 2.27. The van der Waals surface area contributed by atoms with Crippen molar-refractivity contribution in [1.29, 1.82) is 0 Å². The molecule has 0 saturated carbocycles. The highest BCUT2D eigenvalue weighted by Crippen LogP contribution is 2.21. The second-order valence-electron chi connectivity index (χ2n) is 4.14. The number of hydrogen-bond acceptors (Lipinski definition) is 4. The Bertz CT molecular complexity index is 251. The Morgan fingerprint density at radius 1 is 1.38 bits per heavy atom. The van der Waals surface area contributed by atoms with Crippen molar-refractivity contribution in [3.8, 4) is 0 Å². The topological polar surface area (TPSA) is 98.7 Å². The quantitative estimate of drug-likeness (QED) is 0.302. The number of piperidine rings is 1. The van der Waals surface area contributed by atoms with Crippen LogP contribution in [0.3, 0.4) is 0 Å². The number of carboxylic acid groups (broad SMARTS) is 1. The van der Waals surface area contributed by atoms with Crippen LogP contribution in [-0.4, -0.2) is 35.3 Å². The lowest BCUT2D eigenvalue weighted by molar-refractivity contribution is -0.150. The van der Waals surface area contributed by atoms with Gasteiger partial charge in [0.05, 0.1) is 0 Å². The van der Waals surface area contributed by atoms with E-state index in [9.17, 15) is 9.59 Å². The largest absolute Gasteiger partial charge is 0.481 e. The zero-order valence-electron chi connectivity index (χ0n) is 9.11. The van der Waals surface area contributed by atoms with Gasteiger partial charge in [-0.1, -0.05) is 0 Å². The standard InChI is InChI=1S/C10H18N2O4/c13-9(12-16)8(10(14)15)2-1-7-3-5-11-6-4-7/h7-8,11,16H,1-6H2,(H,12,13)(H,14,15). The summed E-state index contributed by atoms with van der Waals surface area (Å²) in [4.78, 5) is 21.9. The molecule has 0 spiro atoms. The molecule has 0 aromatic heterocycles. The molecular formula is C10H18N2O4. The monoisotopic (exact) mass is 230 g/mol. The average molecular weight is 230 g/mol. The molecule has 1 aliphatic rings. The molecule has 1 aliphatic heterocycles. The van der Waals surface area contributed by atoms with Crippen molar-refractivity contribution in [1.82, 2.24) is 10.8 Å². The fourth-order valence-electron chi connectivity index (χ4n) is 2.02. The summed E-state index contributed by atoms with van der Waals surface area (Å²) in [7, 11) is 0. The van der Waals surface area contributed by atoms with E-state index in [1.54, 1.807) is 0 Å². The Morgan fingerprint density at radius 3 is 2.50 bits per heavy atom. The van der Waals surface area contributed by atoms with Crippen LogP contribution in [0.5, 0.6) is 0 Å². The second-order valence-corrected chi connectivity index (χ2v) is 4.14. The van der Waals surface area contributed by atoms with E-state index in [1.807, 2.05) is 0 Å². The zero-order chi connectivity index (χ0) is 12.0. The van der Waals surface area contributed by atoms with Crippen molar-refractivity contribution in [2.45, 2.75) is 25.7 Å². The molecule has 0 aromatic rings. The first-order valence-corrected chi connectivity index (χ1v) is 5.52. The summed E-state index contributed by atoms with van der Waals surface area (Å²) in [6.45, 7) is 1.91. The van der Waals surface area contributed by atoms with Crippen molar-refractivity contribution < 1.29 is 19.9 Å². The van der Waals surface area contributed by atoms with Crippen LogP contribution in [-0.2, 0) is 9.59 Å². The van der Waals surface area contributed by atoms with E-state index in [1.165, 1.54) is 5.48 Å². The molecule has 1 fully saturated rings. The van der Waals surface area contributed by atoms with Gasteiger partial charge >= 0.3 is 5.97 Å². The summed E-state index contributed by atoms with van der Waals surface area (Å²) in [6.07, 6.45) is 3.04. The molecule has 1 atom stereocenters. The third kappa shape index (κ3) is 3.79. The number of aliphatic carboxylic acids is 1. The van der Waals surface area contributed by atoms with Crippen LogP contribution in [0.4, 0.5) is 0 Å². The van der Waals surface area contributed by atoms with Crippen molar-refractivity contribution in [2.24, 2.45) is 11.8 Å². The molecule has 6 nitrogen and oxygen atoms in total. The van der Waals surface area contributed by atoms with Gasteiger partial charge in [0, 0.05) is 0 Å².